The summed E-state index contributed by atoms with van der Waals surface area (Å²) in [6.07, 6.45) is 1.45. The molecule has 7 heteroatoms. The zero-order valence-corrected chi connectivity index (χ0v) is 10.8. The predicted octanol–water partition coefficient (Wildman–Crippen LogP) is 2.10. The summed E-state index contributed by atoms with van der Waals surface area (Å²) in [5, 5.41) is 16.3. The molecule has 2 N–H and O–H groups in total. The number of nitrogens with zero attached hydrogens (tertiary/aromatic N) is 2. The maximum absolute atomic E-state index is 11.8. The van der Waals surface area contributed by atoms with Gasteiger partial charge >= 0.3 is 0 Å². The van der Waals surface area contributed by atoms with Crippen LogP contribution in [0.3, 0.4) is 0 Å². The van der Waals surface area contributed by atoms with Crippen LogP contribution < -0.4 is 5.32 Å². The van der Waals surface area contributed by atoms with E-state index in [9.17, 15) is 9.90 Å². The highest BCUT2D eigenvalue weighted by Crippen LogP contribution is 2.21. The Morgan fingerprint density at radius 2 is 2.31 bits per heavy atom. The molecule has 0 unspecified atom stereocenters. The van der Waals surface area contributed by atoms with E-state index in [1.54, 1.807) is 12.1 Å². The molecule has 0 saturated carbocycles. The number of anilines is 1. The molecule has 0 saturated heterocycles. The molecule has 1 aromatic carbocycles. The number of benzene rings is 1. The zero-order valence-electron chi connectivity index (χ0n) is 7.85. The van der Waals surface area contributed by atoms with Gasteiger partial charge in [-0.1, -0.05) is 4.49 Å². The van der Waals surface area contributed by atoms with E-state index in [1.807, 2.05) is 0 Å². The van der Waals surface area contributed by atoms with Gasteiger partial charge in [-0.15, -0.1) is 5.10 Å². The molecule has 2 aromatic rings. The van der Waals surface area contributed by atoms with Crippen molar-refractivity contribution in [1.29, 1.82) is 0 Å². The Morgan fingerprint density at radius 1 is 1.50 bits per heavy atom. The highest BCUT2D eigenvalue weighted by molar-refractivity contribution is 14.1. The molecule has 2 rings (SSSR count). The van der Waals surface area contributed by atoms with Crippen molar-refractivity contribution in [2.45, 2.75) is 0 Å². The molecule has 82 valence electrons. The number of hydrogen-bond acceptors (Lipinski definition) is 5. The van der Waals surface area contributed by atoms with E-state index in [-0.39, 0.29) is 17.2 Å². The van der Waals surface area contributed by atoms with Crippen molar-refractivity contribution >= 4 is 45.0 Å². The lowest BCUT2D eigenvalue weighted by Crippen LogP contribution is -2.11. The molecule has 0 bridgehead atoms. The molecule has 1 amide bonds. The topological polar surface area (TPSA) is 75.1 Å². The van der Waals surface area contributed by atoms with Crippen LogP contribution in [0.5, 0.6) is 5.75 Å². The van der Waals surface area contributed by atoms with Crippen LogP contribution in [0.4, 0.5) is 5.00 Å². The van der Waals surface area contributed by atoms with Crippen molar-refractivity contribution in [3.8, 4) is 5.75 Å². The molecule has 16 heavy (non-hydrogen) atoms. The summed E-state index contributed by atoms with van der Waals surface area (Å²) in [4.78, 5) is 11.8. The van der Waals surface area contributed by atoms with Crippen molar-refractivity contribution in [2.75, 3.05) is 5.32 Å². The molecule has 0 spiro atoms. The van der Waals surface area contributed by atoms with Crippen LogP contribution in [-0.4, -0.2) is 20.6 Å². The smallest absolute Gasteiger partial charge is 0.260 e. The molecule has 0 atom stereocenters. The van der Waals surface area contributed by atoms with Gasteiger partial charge in [0.15, 0.2) is 0 Å². The van der Waals surface area contributed by atoms with Crippen LogP contribution in [0.1, 0.15) is 10.4 Å². The van der Waals surface area contributed by atoms with Crippen molar-refractivity contribution in [3.05, 3.63) is 33.5 Å². The van der Waals surface area contributed by atoms with Crippen LogP contribution in [-0.2, 0) is 0 Å². The summed E-state index contributed by atoms with van der Waals surface area (Å²) in [6, 6.07) is 4.82. The summed E-state index contributed by atoms with van der Waals surface area (Å²) in [5.41, 5.74) is 0.236. The maximum atomic E-state index is 11.8. The van der Waals surface area contributed by atoms with Gasteiger partial charge in [0.25, 0.3) is 5.91 Å². The fourth-order valence-electron chi connectivity index (χ4n) is 1.09. The van der Waals surface area contributed by atoms with E-state index in [0.717, 1.165) is 15.1 Å². The zero-order chi connectivity index (χ0) is 11.5. The Bertz CT molecular complexity index is 515. The first-order valence-electron chi connectivity index (χ1n) is 4.24. The van der Waals surface area contributed by atoms with E-state index >= 15 is 0 Å². The summed E-state index contributed by atoms with van der Waals surface area (Å²) in [7, 11) is 0. The lowest BCUT2D eigenvalue weighted by atomic mass is 10.2. The van der Waals surface area contributed by atoms with Crippen molar-refractivity contribution in [2.24, 2.45) is 0 Å². The van der Waals surface area contributed by atoms with Crippen LogP contribution in [0.15, 0.2) is 24.4 Å². The number of carbonyl (C=O) groups excluding carboxylic acids is 1. The number of nitrogens with one attached hydrogen (secondary N) is 1. The highest BCUT2D eigenvalue weighted by atomic mass is 127. The number of carbonyl (C=O) groups is 1. The molecule has 0 aliphatic carbocycles. The monoisotopic (exact) mass is 347 g/mol. The third-order valence-electron chi connectivity index (χ3n) is 1.80. The fraction of sp³-hybridized carbons (Fsp3) is 0. The van der Waals surface area contributed by atoms with Gasteiger partial charge in [-0.05, 0) is 40.8 Å². The Kier molecular flexibility index (Phi) is 3.34. The summed E-state index contributed by atoms with van der Waals surface area (Å²) in [6.45, 7) is 0. The van der Waals surface area contributed by atoms with Gasteiger partial charge in [-0.25, -0.2) is 0 Å². The lowest BCUT2D eigenvalue weighted by molar-refractivity contribution is 0.102. The molecule has 0 aliphatic rings. The second-order valence-electron chi connectivity index (χ2n) is 2.90. The first-order chi connectivity index (χ1) is 7.66. The number of aromatic nitrogens is 2. The number of amides is 1. The standard InChI is InChI=1S/C9H6IN3O2S/c10-5-1-2-7(14)6(3-5)9(15)12-8-4-11-13-16-8/h1-4,14H,(H,12,15). The second kappa shape index (κ2) is 4.74. The normalized spacial score (nSPS) is 10.1. The van der Waals surface area contributed by atoms with Gasteiger partial charge in [0.2, 0.25) is 0 Å². The summed E-state index contributed by atoms with van der Waals surface area (Å²) < 4.78 is 4.50. The van der Waals surface area contributed by atoms with E-state index in [4.69, 9.17) is 0 Å². The molecule has 0 aliphatic heterocycles. The Balaban J connectivity index is 2.24. The number of phenolic OH excluding ortho intramolecular Hbond substituents is 1. The molecule has 1 heterocycles. The van der Waals surface area contributed by atoms with Gasteiger partial charge in [0.1, 0.15) is 10.8 Å². The molecular weight excluding hydrogens is 341 g/mol. The first-order valence-corrected chi connectivity index (χ1v) is 6.09. The quantitative estimate of drug-likeness (QED) is 0.816. The van der Waals surface area contributed by atoms with Crippen LogP contribution in [0.2, 0.25) is 0 Å². The summed E-state index contributed by atoms with van der Waals surface area (Å²) in [5.74, 6) is -0.419. The summed E-state index contributed by atoms with van der Waals surface area (Å²) >= 11 is 3.15. The van der Waals surface area contributed by atoms with Crippen molar-refractivity contribution in [3.63, 3.8) is 0 Å². The Hall–Kier alpha value is -1.22. The van der Waals surface area contributed by atoms with E-state index in [2.05, 4.69) is 37.5 Å². The minimum absolute atomic E-state index is 0.0459. The van der Waals surface area contributed by atoms with Gasteiger partial charge in [-0.2, -0.15) is 0 Å². The van der Waals surface area contributed by atoms with Gasteiger partial charge in [0.05, 0.1) is 11.8 Å². The van der Waals surface area contributed by atoms with Gasteiger partial charge in [0, 0.05) is 15.1 Å². The van der Waals surface area contributed by atoms with Crippen LogP contribution in [0.25, 0.3) is 0 Å². The molecular formula is C9H6IN3O2S. The van der Waals surface area contributed by atoms with Gasteiger partial charge in [-0.3, -0.25) is 4.79 Å². The maximum Gasteiger partial charge on any atom is 0.260 e. The SMILES string of the molecule is O=C(Nc1cnns1)c1cc(I)ccc1O. The highest BCUT2D eigenvalue weighted by Gasteiger charge is 2.12. The lowest BCUT2D eigenvalue weighted by Gasteiger charge is -2.04. The van der Waals surface area contributed by atoms with Crippen molar-refractivity contribution in [1.82, 2.24) is 9.59 Å². The third-order valence-corrected chi connectivity index (χ3v) is 3.05. The van der Waals surface area contributed by atoms with E-state index in [1.165, 1.54) is 12.3 Å². The van der Waals surface area contributed by atoms with Crippen LogP contribution >= 0.6 is 34.1 Å². The molecule has 0 fully saturated rings. The number of aromatic hydroxyl groups is 1. The predicted molar refractivity (Wildman–Crippen MR) is 68.7 cm³/mol. The average Bonchev–Trinajstić information content (AvgIpc) is 2.74. The molecule has 0 radical (unpaired) electrons. The van der Waals surface area contributed by atoms with E-state index in [0.29, 0.717) is 5.00 Å². The number of hydrogen-bond donors (Lipinski definition) is 2. The number of halogens is 1. The molecule has 5 nitrogen and oxygen atoms in total. The average molecular weight is 347 g/mol. The Morgan fingerprint density at radius 3 is 3.00 bits per heavy atom. The third kappa shape index (κ3) is 2.47. The number of phenols is 1. The largest absolute Gasteiger partial charge is 0.507 e. The first kappa shape index (κ1) is 11.3. The van der Waals surface area contributed by atoms with Crippen LogP contribution in [0, 0.1) is 3.57 Å². The van der Waals surface area contributed by atoms with Crippen molar-refractivity contribution < 1.29 is 9.90 Å². The van der Waals surface area contributed by atoms with E-state index < -0.39 is 0 Å². The minimum atomic E-state index is -0.373. The van der Waals surface area contributed by atoms with Gasteiger partial charge < -0.3 is 10.4 Å². The fourth-order valence-corrected chi connectivity index (χ4v) is 2.00. The Labute approximate surface area is 109 Å². The number of rotatable bonds is 2. The minimum Gasteiger partial charge on any atom is -0.507 e. The second-order valence-corrected chi connectivity index (χ2v) is 4.93. The molecule has 1 aromatic heterocycles.